The molecule has 2 aromatic carbocycles. The first kappa shape index (κ1) is 17.0. The van der Waals surface area contributed by atoms with E-state index in [0.717, 1.165) is 53.6 Å². The highest BCUT2D eigenvalue weighted by molar-refractivity contribution is 5.86. The number of aliphatic imine (C=N–C) groups is 1. The van der Waals surface area contributed by atoms with Gasteiger partial charge in [0, 0.05) is 36.5 Å². The number of nitrogens with one attached hydrogen (secondary N) is 2. The van der Waals surface area contributed by atoms with Crippen LogP contribution in [-0.2, 0) is 0 Å². The van der Waals surface area contributed by atoms with Crippen LogP contribution >= 0.6 is 0 Å². The fourth-order valence-electron chi connectivity index (χ4n) is 3.61. The van der Waals surface area contributed by atoms with Gasteiger partial charge in [-0.1, -0.05) is 30.3 Å². The molecule has 3 aromatic rings. The molecule has 0 bridgehead atoms. The summed E-state index contributed by atoms with van der Waals surface area (Å²) in [5, 5.41) is 17.0. The number of fused-ring (bicyclic) bond motifs is 1. The van der Waals surface area contributed by atoms with Crippen molar-refractivity contribution in [3.63, 3.8) is 0 Å². The number of anilines is 1. The lowest BCUT2D eigenvalue weighted by molar-refractivity contribution is 0.189. The number of benzene rings is 2. The number of hydrogen-bond acceptors (Lipinski definition) is 5. The standard InChI is InChI=1S/C22H22N4O2/c27-22-20-19(16-6-8-18(9-7-16)28-13-15-10-23-11-15)12-26(21(20)24-14-25-22)17-4-2-1-3-5-17/h1-9,12,14-15,22-23,27H,10-11,13H2,(H,24,25). The number of aliphatic hydroxyl groups excluding tert-OH is 1. The van der Waals surface area contributed by atoms with E-state index in [0.29, 0.717) is 5.92 Å². The lowest BCUT2D eigenvalue weighted by Gasteiger charge is -2.26. The van der Waals surface area contributed by atoms with Crippen molar-refractivity contribution < 1.29 is 9.84 Å². The highest BCUT2D eigenvalue weighted by atomic mass is 16.5. The average Bonchev–Trinajstić information content (AvgIpc) is 3.09. The van der Waals surface area contributed by atoms with Crippen LogP contribution in [0.2, 0.25) is 0 Å². The van der Waals surface area contributed by atoms with E-state index in [-0.39, 0.29) is 0 Å². The van der Waals surface area contributed by atoms with Gasteiger partial charge < -0.3 is 25.0 Å². The maximum Gasteiger partial charge on any atom is 0.177 e. The fourth-order valence-corrected chi connectivity index (χ4v) is 3.61. The molecule has 3 heterocycles. The third kappa shape index (κ3) is 3.06. The summed E-state index contributed by atoms with van der Waals surface area (Å²) in [4.78, 5) is 4.12. The third-order valence-electron chi connectivity index (χ3n) is 5.27. The Bertz CT molecular complexity index is 991. The van der Waals surface area contributed by atoms with E-state index in [1.165, 1.54) is 0 Å². The molecule has 28 heavy (non-hydrogen) atoms. The number of ether oxygens (including phenoxy) is 1. The van der Waals surface area contributed by atoms with Crippen molar-refractivity contribution >= 4 is 12.2 Å². The first-order valence-corrected chi connectivity index (χ1v) is 9.50. The first-order chi connectivity index (χ1) is 13.8. The van der Waals surface area contributed by atoms with Crippen molar-refractivity contribution in [2.45, 2.75) is 6.23 Å². The Morgan fingerprint density at radius 3 is 2.57 bits per heavy atom. The molecule has 6 nitrogen and oxygen atoms in total. The second-order valence-corrected chi connectivity index (χ2v) is 7.17. The quantitative estimate of drug-likeness (QED) is 0.641. The topological polar surface area (TPSA) is 70.8 Å². The molecule has 1 saturated heterocycles. The lowest BCUT2D eigenvalue weighted by Crippen LogP contribution is -2.45. The maximum absolute atomic E-state index is 10.5. The van der Waals surface area contributed by atoms with Crippen molar-refractivity contribution in [1.29, 1.82) is 0 Å². The van der Waals surface area contributed by atoms with Gasteiger partial charge in [-0.3, -0.25) is 0 Å². The van der Waals surface area contributed by atoms with Crippen LogP contribution < -0.4 is 15.4 Å². The van der Waals surface area contributed by atoms with Gasteiger partial charge in [0.15, 0.2) is 6.23 Å². The Kier molecular flexibility index (Phi) is 4.35. The number of nitrogens with zero attached hydrogens (tertiary/aromatic N) is 2. The molecule has 2 aliphatic rings. The van der Waals surface area contributed by atoms with E-state index in [1.807, 2.05) is 65.4 Å². The van der Waals surface area contributed by atoms with Crippen molar-refractivity contribution in [2.24, 2.45) is 10.9 Å². The minimum absolute atomic E-state index is 0.602. The smallest absolute Gasteiger partial charge is 0.177 e. The molecule has 1 aromatic heterocycles. The predicted molar refractivity (Wildman–Crippen MR) is 110 cm³/mol. The van der Waals surface area contributed by atoms with Crippen molar-refractivity contribution in [2.75, 3.05) is 25.0 Å². The monoisotopic (exact) mass is 374 g/mol. The molecule has 3 N–H and O–H groups in total. The van der Waals surface area contributed by atoms with Crippen molar-refractivity contribution in [3.05, 3.63) is 66.4 Å². The summed E-state index contributed by atoms with van der Waals surface area (Å²) in [5.74, 6) is 2.30. The Morgan fingerprint density at radius 2 is 1.86 bits per heavy atom. The van der Waals surface area contributed by atoms with Gasteiger partial charge in [0.2, 0.25) is 0 Å². The van der Waals surface area contributed by atoms with Crippen LogP contribution in [0.4, 0.5) is 5.82 Å². The van der Waals surface area contributed by atoms with Gasteiger partial charge in [-0.2, -0.15) is 0 Å². The van der Waals surface area contributed by atoms with Crippen LogP contribution in [0.5, 0.6) is 5.75 Å². The van der Waals surface area contributed by atoms with Crippen LogP contribution in [-0.4, -0.2) is 35.7 Å². The second-order valence-electron chi connectivity index (χ2n) is 7.17. The molecule has 142 valence electrons. The summed E-state index contributed by atoms with van der Waals surface area (Å²) < 4.78 is 7.93. The average molecular weight is 374 g/mol. The highest BCUT2D eigenvalue weighted by Gasteiger charge is 2.25. The fraction of sp³-hybridized carbons (Fsp3) is 0.227. The zero-order valence-electron chi connectivity index (χ0n) is 15.4. The molecule has 2 aliphatic heterocycles. The van der Waals surface area contributed by atoms with E-state index in [9.17, 15) is 5.11 Å². The van der Waals surface area contributed by atoms with Gasteiger partial charge in [-0.15, -0.1) is 0 Å². The van der Waals surface area contributed by atoms with Crippen molar-refractivity contribution in [1.82, 2.24) is 9.88 Å². The summed E-state index contributed by atoms with van der Waals surface area (Å²) in [7, 11) is 0. The van der Waals surface area contributed by atoms with Crippen LogP contribution in [0.3, 0.4) is 0 Å². The zero-order chi connectivity index (χ0) is 18.9. The van der Waals surface area contributed by atoms with Crippen LogP contribution in [0.25, 0.3) is 16.8 Å². The largest absolute Gasteiger partial charge is 0.493 e. The van der Waals surface area contributed by atoms with Crippen LogP contribution in [0.1, 0.15) is 11.8 Å². The van der Waals surface area contributed by atoms with E-state index < -0.39 is 6.23 Å². The summed E-state index contributed by atoms with van der Waals surface area (Å²) in [5.41, 5.74) is 3.77. The molecule has 0 saturated carbocycles. The SMILES string of the molecule is OC1N=CNc2c1c(-c1ccc(OCC3CNC3)cc1)cn2-c1ccccc1. The molecule has 0 aliphatic carbocycles. The Morgan fingerprint density at radius 1 is 1.07 bits per heavy atom. The Hall–Kier alpha value is -3.09. The number of para-hydroxylation sites is 1. The van der Waals surface area contributed by atoms with Gasteiger partial charge in [0.1, 0.15) is 11.6 Å². The molecule has 1 fully saturated rings. The highest BCUT2D eigenvalue weighted by Crippen LogP contribution is 2.40. The van der Waals surface area contributed by atoms with Gasteiger partial charge in [-0.25, -0.2) is 4.99 Å². The summed E-state index contributed by atoms with van der Waals surface area (Å²) in [6.45, 7) is 2.80. The molecule has 1 atom stereocenters. The molecule has 6 heteroatoms. The number of hydrogen-bond donors (Lipinski definition) is 3. The molecular formula is C22H22N4O2. The summed E-state index contributed by atoms with van der Waals surface area (Å²) in [6, 6.07) is 18.1. The lowest BCUT2D eigenvalue weighted by atomic mass is 10.0. The maximum atomic E-state index is 10.5. The summed E-state index contributed by atoms with van der Waals surface area (Å²) >= 11 is 0. The van der Waals surface area contributed by atoms with Crippen LogP contribution in [0, 0.1) is 5.92 Å². The Labute approximate surface area is 163 Å². The number of aliphatic hydroxyl groups is 1. The zero-order valence-corrected chi connectivity index (χ0v) is 15.4. The van der Waals surface area contributed by atoms with E-state index in [2.05, 4.69) is 15.6 Å². The van der Waals surface area contributed by atoms with Gasteiger partial charge >= 0.3 is 0 Å². The number of rotatable bonds is 5. The predicted octanol–water partition coefficient (Wildman–Crippen LogP) is 3.19. The molecular weight excluding hydrogens is 352 g/mol. The summed E-state index contributed by atoms with van der Waals surface area (Å²) in [6.07, 6.45) is 2.70. The third-order valence-corrected chi connectivity index (χ3v) is 5.27. The minimum Gasteiger partial charge on any atom is -0.493 e. The second kappa shape index (κ2) is 7.14. The normalized spacial score (nSPS) is 18.2. The molecule has 0 amide bonds. The van der Waals surface area contributed by atoms with E-state index in [4.69, 9.17) is 4.74 Å². The minimum atomic E-state index is -0.891. The van der Waals surface area contributed by atoms with Gasteiger partial charge in [-0.05, 0) is 29.8 Å². The van der Waals surface area contributed by atoms with Crippen molar-refractivity contribution in [3.8, 4) is 22.6 Å². The molecule has 0 radical (unpaired) electrons. The van der Waals surface area contributed by atoms with Gasteiger partial charge in [0.25, 0.3) is 0 Å². The van der Waals surface area contributed by atoms with Gasteiger partial charge in [0.05, 0.1) is 18.5 Å². The molecule has 1 unspecified atom stereocenters. The first-order valence-electron chi connectivity index (χ1n) is 9.50. The molecule has 0 spiro atoms. The van der Waals surface area contributed by atoms with Crippen LogP contribution in [0.15, 0.2) is 65.8 Å². The van der Waals surface area contributed by atoms with E-state index in [1.54, 1.807) is 6.34 Å². The molecule has 5 rings (SSSR count). The van der Waals surface area contributed by atoms with E-state index >= 15 is 0 Å². The Balaban J connectivity index is 1.48. The number of aromatic nitrogens is 1.